The molecule has 0 atom stereocenters. The Kier molecular flexibility index (Phi) is 4.49. The van der Waals surface area contributed by atoms with Crippen molar-refractivity contribution in [3.05, 3.63) is 92.6 Å². The summed E-state index contributed by atoms with van der Waals surface area (Å²) in [6, 6.07) is 19.4. The molecule has 2 heterocycles. The van der Waals surface area contributed by atoms with Crippen LogP contribution in [0.5, 0.6) is 0 Å². The number of rotatable bonds is 4. The van der Waals surface area contributed by atoms with Gasteiger partial charge in [0.1, 0.15) is 0 Å². The monoisotopic (exact) mass is 373 g/mol. The van der Waals surface area contributed by atoms with Crippen LogP contribution in [0.2, 0.25) is 0 Å². The number of benzene rings is 2. The van der Waals surface area contributed by atoms with E-state index >= 15 is 0 Å². The number of imidazole rings is 1. The van der Waals surface area contributed by atoms with E-state index in [1.165, 1.54) is 11.6 Å². The van der Waals surface area contributed by atoms with Gasteiger partial charge < -0.3 is 0 Å². The SMILES string of the molecule is Cn1c(=O)c2c(nc(N=Cc3ccccc3)n2Cc2ccccc2)n(C)c1=O. The van der Waals surface area contributed by atoms with Crippen molar-refractivity contribution in [3.8, 4) is 0 Å². The first-order valence-corrected chi connectivity index (χ1v) is 8.85. The summed E-state index contributed by atoms with van der Waals surface area (Å²) in [5, 5.41) is 0. The van der Waals surface area contributed by atoms with Crippen molar-refractivity contribution < 1.29 is 0 Å². The molecule has 0 radical (unpaired) electrons. The molecule has 2 aromatic carbocycles. The van der Waals surface area contributed by atoms with Crippen molar-refractivity contribution in [1.82, 2.24) is 18.7 Å². The van der Waals surface area contributed by atoms with Crippen molar-refractivity contribution in [1.29, 1.82) is 0 Å². The molecule has 2 aromatic heterocycles. The van der Waals surface area contributed by atoms with E-state index in [0.717, 1.165) is 15.7 Å². The normalized spacial score (nSPS) is 11.5. The molecule has 0 unspecified atom stereocenters. The minimum absolute atomic E-state index is 0.323. The summed E-state index contributed by atoms with van der Waals surface area (Å²) in [5.41, 5.74) is 1.80. The minimum Gasteiger partial charge on any atom is -0.298 e. The third-order valence-electron chi connectivity index (χ3n) is 4.64. The predicted molar refractivity (Wildman–Crippen MR) is 109 cm³/mol. The first-order valence-electron chi connectivity index (χ1n) is 8.85. The Bertz CT molecular complexity index is 1280. The lowest BCUT2D eigenvalue weighted by Crippen LogP contribution is -2.37. The van der Waals surface area contributed by atoms with Crippen LogP contribution in [0.4, 0.5) is 5.95 Å². The summed E-state index contributed by atoms with van der Waals surface area (Å²) in [6.45, 7) is 0.423. The molecule has 4 aromatic rings. The molecule has 0 aliphatic carbocycles. The average Bonchev–Trinajstić information content (AvgIpc) is 3.09. The fraction of sp³-hybridized carbons (Fsp3) is 0.143. The van der Waals surface area contributed by atoms with E-state index in [1.807, 2.05) is 60.7 Å². The maximum atomic E-state index is 12.8. The van der Waals surface area contributed by atoms with E-state index in [-0.39, 0.29) is 5.56 Å². The molecule has 140 valence electrons. The molecule has 0 spiro atoms. The molecule has 0 N–H and O–H groups in total. The topological polar surface area (TPSA) is 74.2 Å². The van der Waals surface area contributed by atoms with Gasteiger partial charge in [0.05, 0.1) is 6.54 Å². The molecule has 0 amide bonds. The fourth-order valence-corrected chi connectivity index (χ4v) is 3.12. The van der Waals surface area contributed by atoms with Gasteiger partial charge in [-0.05, 0) is 11.1 Å². The Hall–Kier alpha value is -3.74. The Balaban J connectivity index is 1.95. The molecule has 28 heavy (non-hydrogen) atoms. The van der Waals surface area contributed by atoms with Crippen LogP contribution in [0.1, 0.15) is 11.1 Å². The predicted octanol–water partition coefficient (Wildman–Crippen LogP) is 2.23. The van der Waals surface area contributed by atoms with E-state index in [0.29, 0.717) is 23.7 Å². The number of hydrogen-bond donors (Lipinski definition) is 0. The summed E-state index contributed by atoms with van der Waals surface area (Å²) in [7, 11) is 3.07. The molecule has 0 saturated carbocycles. The molecule has 0 aliphatic heterocycles. The van der Waals surface area contributed by atoms with Crippen LogP contribution in [0.3, 0.4) is 0 Å². The molecule has 4 rings (SSSR count). The van der Waals surface area contributed by atoms with Gasteiger partial charge in [-0.2, -0.15) is 4.98 Å². The van der Waals surface area contributed by atoms with Gasteiger partial charge in [-0.1, -0.05) is 60.7 Å². The van der Waals surface area contributed by atoms with Gasteiger partial charge in [-0.3, -0.25) is 18.5 Å². The average molecular weight is 373 g/mol. The van der Waals surface area contributed by atoms with Gasteiger partial charge in [0, 0.05) is 20.3 Å². The van der Waals surface area contributed by atoms with Crippen molar-refractivity contribution in [2.45, 2.75) is 6.54 Å². The standard InChI is InChI=1S/C21H19N5O2/c1-24-18-17(19(27)25(2)21(24)28)26(14-16-11-7-4-8-12-16)20(23-18)22-13-15-9-5-3-6-10-15/h3-13H,14H2,1-2H3. The number of aromatic nitrogens is 4. The van der Waals surface area contributed by atoms with Crippen LogP contribution in [0.15, 0.2) is 75.2 Å². The van der Waals surface area contributed by atoms with E-state index in [4.69, 9.17) is 0 Å². The van der Waals surface area contributed by atoms with Crippen molar-refractivity contribution in [2.24, 2.45) is 19.1 Å². The zero-order chi connectivity index (χ0) is 19.7. The Morgan fingerprint density at radius 1 is 0.929 bits per heavy atom. The lowest BCUT2D eigenvalue weighted by molar-refractivity contribution is 0.702. The van der Waals surface area contributed by atoms with Gasteiger partial charge >= 0.3 is 5.69 Å². The second-order valence-corrected chi connectivity index (χ2v) is 6.53. The maximum Gasteiger partial charge on any atom is 0.332 e. The van der Waals surface area contributed by atoms with Crippen molar-refractivity contribution >= 4 is 23.3 Å². The highest BCUT2D eigenvalue weighted by Crippen LogP contribution is 2.20. The lowest BCUT2D eigenvalue weighted by Gasteiger charge is -2.08. The minimum atomic E-state index is -0.416. The van der Waals surface area contributed by atoms with Gasteiger partial charge in [0.15, 0.2) is 11.2 Å². The zero-order valence-corrected chi connectivity index (χ0v) is 15.6. The highest BCUT2D eigenvalue weighted by Gasteiger charge is 2.18. The van der Waals surface area contributed by atoms with Gasteiger partial charge in [0.2, 0.25) is 5.95 Å². The summed E-state index contributed by atoms with van der Waals surface area (Å²) in [6.07, 6.45) is 1.70. The first kappa shape index (κ1) is 17.7. The van der Waals surface area contributed by atoms with Crippen LogP contribution >= 0.6 is 0 Å². The smallest absolute Gasteiger partial charge is 0.298 e. The second kappa shape index (κ2) is 7.11. The van der Waals surface area contributed by atoms with Gasteiger partial charge in [-0.25, -0.2) is 9.79 Å². The number of aliphatic imine (C=N–C) groups is 1. The van der Waals surface area contributed by atoms with Crippen LogP contribution < -0.4 is 11.2 Å². The lowest BCUT2D eigenvalue weighted by atomic mass is 10.2. The number of aryl methyl sites for hydroxylation is 1. The molecule has 0 fully saturated rings. The third-order valence-corrected chi connectivity index (χ3v) is 4.64. The van der Waals surface area contributed by atoms with Crippen LogP contribution in [0.25, 0.3) is 11.2 Å². The maximum absolute atomic E-state index is 12.8. The van der Waals surface area contributed by atoms with Gasteiger partial charge in [0.25, 0.3) is 5.56 Å². The molecule has 0 bridgehead atoms. The summed E-state index contributed by atoms with van der Waals surface area (Å²) >= 11 is 0. The molecule has 7 heteroatoms. The molecule has 0 saturated heterocycles. The second-order valence-electron chi connectivity index (χ2n) is 6.53. The van der Waals surface area contributed by atoms with E-state index in [1.54, 1.807) is 17.8 Å². The van der Waals surface area contributed by atoms with Crippen molar-refractivity contribution in [2.75, 3.05) is 0 Å². The first-order chi connectivity index (χ1) is 13.6. The Labute approximate surface area is 160 Å². The summed E-state index contributed by atoms with van der Waals surface area (Å²) in [5.74, 6) is 0.376. The van der Waals surface area contributed by atoms with Crippen LogP contribution in [0, 0.1) is 0 Å². The number of hydrogen-bond acceptors (Lipinski definition) is 4. The van der Waals surface area contributed by atoms with Crippen LogP contribution in [-0.4, -0.2) is 24.9 Å². The fourth-order valence-electron chi connectivity index (χ4n) is 3.12. The summed E-state index contributed by atoms with van der Waals surface area (Å²) < 4.78 is 4.22. The van der Waals surface area contributed by atoms with E-state index < -0.39 is 5.69 Å². The Morgan fingerprint density at radius 2 is 1.57 bits per heavy atom. The van der Waals surface area contributed by atoms with Crippen molar-refractivity contribution in [3.63, 3.8) is 0 Å². The van der Waals surface area contributed by atoms with Gasteiger partial charge in [-0.15, -0.1) is 0 Å². The third kappa shape index (κ3) is 3.07. The summed E-state index contributed by atoms with van der Waals surface area (Å²) in [4.78, 5) is 34.2. The molecular weight excluding hydrogens is 354 g/mol. The molecule has 0 aliphatic rings. The number of fused-ring (bicyclic) bond motifs is 1. The number of nitrogens with zero attached hydrogens (tertiary/aromatic N) is 5. The van der Waals surface area contributed by atoms with E-state index in [2.05, 4.69) is 9.98 Å². The highest BCUT2D eigenvalue weighted by molar-refractivity contribution is 5.82. The largest absolute Gasteiger partial charge is 0.332 e. The quantitative estimate of drug-likeness (QED) is 0.515. The van der Waals surface area contributed by atoms with E-state index in [9.17, 15) is 9.59 Å². The zero-order valence-electron chi connectivity index (χ0n) is 15.6. The van der Waals surface area contributed by atoms with Crippen LogP contribution in [-0.2, 0) is 20.6 Å². The molecule has 7 nitrogen and oxygen atoms in total. The Morgan fingerprint density at radius 3 is 2.25 bits per heavy atom. The molecular formula is C21H19N5O2. The highest BCUT2D eigenvalue weighted by atomic mass is 16.2.